The summed E-state index contributed by atoms with van der Waals surface area (Å²) in [4.78, 5) is 0. The predicted molar refractivity (Wildman–Crippen MR) is 72.3 cm³/mol. The summed E-state index contributed by atoms with van der Waals surface area (Å²) in [5, 5.41) is 14.5. The first-order chi connectivity index (χ1) is 9.55. The number of aromatic nitrogens is 2. The quantitative estimate of drug-likeness (QED) is 0.914. The van der Waals surface area contributed by atoms with Gasteiger partial charge in [0.2, 0.25) is 0 Å². The summed E-state index contributed by atoms with van der Waals surface area (Å²) in [5.74, 6) is -1.16. The molecule has 0 bridgehead atoms. The van der Waals surface area contributed by atoms with Gasteiger partial charge in [-0.15, -0.1) is 0 Å². The van der Waals surface area contributed by atoms with Crippen LogP contribution in [-0.4, -0.2) is 14.9 Å². The van der Waals surface area contributed by atoms with Gasteiger partial charge in [0.1, 0.15) is 11.6 Å². The fourth-order valence-electron chi connectivity index (χ4n) is 2.20. The van der Waals surface area contributed by atoms with Crippen molar-refractivity contribution < 1.29 is 13.9 Å². The van der Waals surface area contributed by atoms with E-state index in [0.29, 0.717) is 6.54 Å². The lowest BCUT2D eigenvalue weighted by Crippen LogP contribution is -2.10. The summed E-state index contributed by atoms with van der Waals surface area (Å²) >= 11 is 0. The summed E-state index contributed by atoms with van der Waals surface area (Å²) in [6.07, 6.45) is -0.0801. The van der Waals surface area contributed by atoms with Crippen LogP contribution in [0.1, 0.15) is 36.9 Å². The van der Waals surface area contributed by atoms with Crippen LogP contribution in [-0.2, 0) is 19.4 Å². The Morgan fingerprint density at radius 1 is 1.25 bits per heavy atom. The molecule has 0 amide bonds. The molecule has 20 heavy (non-hydrogen) atoms. The third kappa shape index (κ3) is 3.04. The second kappa shape index (κ2) is 6.13. The van der Waals surface area contributed by atoms with Gasteiger partial charge in [0.15, 0.2) is 0 Å². The normalized spacial score (nSPS) is 12.7. The third-order valence-corrected chi connectivity index (χ3v) is 3.30. The van der Waals surface area contributed by atoms with E-state index in [1.54, 1.807) is 4.68 Å². The summed E-state index contributed by atoms with van der Waals surface area (Å²) < 4.78 is 28.6. The molecule has 108 valence electrons. The van der Waals surface area contributed by atoms with Gasteiger partial charge >= 0.3 is 0 Å². The summed E-state index contributed by atoms with van der Waals surface area (Å²) in [6.45, 7) is 4.62. The molecule has 2 aromatic rings. The molecule has 1 heterocycles. The second-order valence-electron chi connectivity index (χ2n) is 4.68. The Hall–Kier alpha value is -1.75. The predicted octanol–water partition coefficient (Wildman–Crippen LogP) is 3.02. The van der Waals surface area contributed by atoms with E-state index in [-0.39, 0.29) is 12.0 Å². The minimum Gasteiger partial charge on any atom is -0.388 e. The van der Waals surface area contributed by atoms with E-state index in [4.69, 9.17) is 0 Å². The van der Waals surface area contributed by atoms with Crippen molar-refractivity contribution in [2.24, 2.45) is 0 Å². The minimum absolute atomic E-state index is 0.0214. The Kier molecular flexibility index (Phi) is 4.49. The third-order valence-electron chi connectivity index (χ3n) is 3.30. The molecule has 1 aromatic heterocycles. The molecule has 0 fully saturated rings. The summed E-state index contributed by atoms with van der Waals surface area (Å²) in [6, 6.07) is 5.00. The van der Waals surface area contributed by atoms with Gasteiger partial charge in [0, 0.05) is 24.2 Å². The zero-order chi connectivity index (χ0) is 14.7. The van der Waals surface area contributed by atoms with Gasteiger partial charge < -0.3 is 5.11 Å². The van der Waals surface area contributed by atoms with Crippen molar-refractivity contribution >= 4 is 0 Å². The number of aryl methyl sites for hydroxylation is 2. The zero-order valence-corrected chi connectivity index (χ0v) is 11.6. The number of aliphatic hydroxyl groups excluding tert-OH is 1. The molecule has 2 rings (SSSR count). The summed E-state index contributed by atoms with van der Waals surface area (Å²) in [5.41, 5.74) is 1.72. The fraction of sp³-hybridized carbons (Fsp3) is 0.400. The first kappa shape index (κ1) is 14.7. The minimum atomic E-state index is -1.09. The molecule has 0 saturated heterocycles. The van der Waals surface area contributed by atoms with Crippen molar-refractivity contribution in [1.82, 2.24) is 9.78 Å². The van der Waals surface area contributed by atoms with Crippen LogP contribution in [0.15, 0.2) is 24.3 Å². The van der Waals surface area contributed by atoms with Crippen LogP contribution < -0.4 is 0 Å². The zero-order valence-electron chi connectivity index (χ0n) is 11.6. The van der Waals surface area contributed by atoms with Gasteiger partial charge in [-0.3, -0.25) is 4.68 Å². The number of hydrogen-bond acceptors (Lipinski definition) is 2. The molecule has 0 aliphatic rings. The topological polar surface area (TPSA) is 38.0 Å². The maximum atomic E-state index is 13.6. The van der Waals surface area contributed by atoms with Crippen LogP contribution >= 0.6 is 0 Å². The molecule has 0 spiro atoms. The Balaban J connectivity index is 2.24. The molecule has 5 heteroatoms. The Morgan fingerprint density at radius 2 is 2.00 bits per heavy atom. The molecule has 0 radical (unpaired) electrons. The highest BCUT2D eigenvalue weighted by Gasteiger charge is 2.17. The average molecular weight is 280 g/mol. The van der Waals surface area contributed by atoms with E-state index in [9.17, 15) is 13.9 Å². The lowest BCUT2D eigenvalue weighted by molar-refractivity contribution is 0.170. The van der Waals surface area contributed by atoms with E-state index in [2.05, 4.69) is 5.10 Å². The number of aliphatic hydroxyl groups is 1. The van der Waals surface area contributed by atoms with Crippen LogP contribution in [0.5, 0.6) is 0 Å². The van der Waals surface area contributed by atoms with E-state index >= 15 is 0 Å². The first-order valence-electron chi connectivity index (χ1n) is 6.73. The standard InChI is InChI=1S/C15H18F2N2O/c1-3-11-8-12(19(4-2)18-11)9-15(20)13-7-10(16)5-6-14(13)17/h5-8,15,20H,3-4,9H2,1-2H3. The van der Waals surface area contributed by atoms with Crippen LogP contribution in [0, 0.1) is 11.6 Å². The van der Waals surface area contributed by atoms with E-state index in [1.807, 2.05) is 19.9 Å². The van der Waals surface area contributed by atoms with Crippen LogP contribution in [0.2, 0.25) is 0 Å². The number of nitrogens with zero attached hydrogens (tertiary/aromatic N) is 2. The molecule has 1 N–H and O–H groups in total. The van der Waals surface area contributed by atoms with Crippen LogP contribution in [0.3, 0.4) is 0 Å². The van der Waals surface area contributed by atoms with Crippen LogP contribution in [0.4, 0.5) is 8.78 Å². The number of rotatable bonds is 5. The highest BCUT2D eigenvalue weighted by atomic mass is 19.1. The molecule has 0 saturated carbocycles. The fourth-order valence-corrected chi connectivity index (χ4v) is 2.20. The van der Waals surface area contributed by atoms with Gasteiger partial charge in [0.05, 0.1) is 11.8 Å². The molecule has 3 nitrogen and oxygen atoms in total. The van der Waals surface area contributed by atoms with Crippen molar-refractivity contribution in [3.8, 4) is 0 Å². The molecular formula is C15H18F2N2O. The average Bonchev–Trinajstić information content (AvgIpc) is 2.83. The van der Waals surface area contributed by atoms with Gasteiger partial charge in [-0.05, 0) is 37.6 Å². The van der Waals surface area contributed by atoms with Gasteiger partial charge in [-0.25, -0.2) is 8.78 Å². The van der Waals surface area contributed by atoms with Crippen molar-refractivity contribution in [2.75, 3.05) is 0 Å². The Morgan fingerprint density at radius 3 is 2.65 bits per heavy atom. The van der Waals surface area contributed by atoms with Crippen molar-refractivity contribution in [3.05, 3.63) is 52.9 Å². The van der Waals surface area contributed by atoms with Gasteiger partial charge in [-0.1, -0.05) is 6.92 Å². The second-order valence-corrected chi connectivity index (χ2v) is 4.68. The van der Waals surface area contributed by atoms with E-state index in [0.717, 1.165) is 36.0 Å². The Labute approximate surface area is 116 Å². The van der Waals surface area contributed by atoms with Crippen LogP contribution in [0.25, 0.3) is 0 Å². The number of hydrogen-bond donors (Lipinski definition) is 1. The summed E-state index contributed by atoms with van der Waals surface area (Å²) in [7, 11) is 0. The molecule has 1 unspecified atom stereocenters. The smallest absolute Gasteiger partial charge is 0.129 e. The van der Waals surface area contributed by atoms with Crippen molar-refractivity contribution in [2.45, 2.75) is 39.3 Å². The van der Waals surface area contributed by atoms with Crippen molar-refractivity contribution in [1.29, 1.82) is 0 Å². The first-order valence-corrected chi connectivity index (χ1v) is 6.73. The lowest BCUT2D eigenvalue weighted by atomic mass is 10.0. The maximum Gasteiger partial charge on any atom is 0.129 e. The maximum absolute atomic E-state index is 13.6. The van der Waals surface area contributed by atoms with E-state index in [1.165, 1.54) is 0 Å². The highest BCUT2D eigenvalue weighted by molar-refractivity contribution is 5.23. The molecule has 0 aliphatic carbocycles. The largest absolute Gasteiger partial charge is 0.388 e. The highest BCUT2D eigenvalue weighted by Crippen LogP contribution is 2.22. The number of halogens is 2. The molecular weight excluding hydrogens is 262 g/mol. The van der Waals surface area contributed by atoms with Gasteiger partial charge in [0.25, 0.3) is 0 Å². The number of benzene rings is 1. The Bertz CT molecular complexity index is 596. The molecule has 0 aliphatic heterocycles. The van der Waals surface area contributed by atoms with E-state index < -0.39 is 17.7 Å². The van der Waals surface area contributed by atoms with Gasteiger partial charge in [-0.2, -0.15) is 5.10 Å². The molecule has 1 atom stereocenters. The monoisotopic (exact) mass is 280 g/mol. The van der Waals surface area contributed by atoms with Crippen molar-refractivity contribution in [3.63, 3.8) is 0 Å². The lowest BCUT2D eigenvalue weighted by Gasteiger charge is -2.13. The SMILES string of the molecule is CCc1cc(CC(O)c2cc(F)ccc2F)n(CC)n1. The molecule has 1 aromatic carbocycles.